The molecular weight excluding hydrogens is 261 g/mol. The van der Waals surface area contributed by atoms with E-state index in [2.05, 4.69) is 21.2 Å². The summed E-state index contributed by atoms with van der Waals surface area (Å²) in [6.07, 6.45) is 0.415. The van der Waals surface area contributed by atoms with E-state index >= 15 is 0 Å². The van der Waals surface area contributed by atoms with Gasteiger partial charge in [0.2, 0.25) is 0 Å². The molecule has 1 unspecified atom stereocenters. The van der Waals surface area contributed by atoms with Crippen LogP contribution >= 0.6 is 15.9 Å². The van der Waals surface area contributed by atoms with E-state index in [9.17, 15) is 4.39 Å². The molecule has 0 aliphatic carbocycles. The summed E-state index contributed by atoms with van der Waals surface area (Å²) in [6, 6.07) is 5.06. The minimum absolute atomic E-state index is 0.246. The van der Waals surface area contributed by atoms with Gasteiger partial charge in [0.1, 0.15) is 5.82 Å². The van der Waals surface area contributed by atoms with Crippen LogP contribution in [-0.2, 0) is 6.54 Å². The predicted octanol–water partition coefficient (Wildman–Crippen LogP) is 2.45. The largest absolute Gasteiger partial charge is 0.393 e. The maximum atomic E-state index is 13.1. The van der Waals surface area contributed by atoms with Crippen LogP contribution in [0.5, 0.6) is 0 Å². The Bertz CT molecular complexity index is 317. The third-order valence-corrected chi connectivity index (χ3v) is 2.70. The summed E-state index contributed by atoms with van der Waals surface area (Å²) in [6.45, 7) is 3.10. The number of nitrogens with one attached hydrogen (secondary N) is 1. The maximum absolute atomic E-state index is 13.1. The quantitative estimate of drug-likeness (QED) is 0.810. The van der Waals surface area contributed by atoms with Gasteiger partial charge in [-0.2, -0.15) is 0 Å². The fourth-order valence-electron chi connectivity index (χ4n) is 1.19. The van der Waals surface area contributed by atoms with Crippen molar-refractivity contribution in [1.82, 2.24) is 5.32 Å². The van der Waals surface area contributed by atoms with Gasteiger partial charge < -0.3 is 10.4 Å². The van der Waals surface area contributed by atoms with Gasteiger partial charge in [0.25, 0.3) is 0 Å². The lowest BCUT2D eigenvalue weighted by atomic mass is 10.2. The Balaban J connectivity index is 2.35. The van der Waals surface area contributed by atoms with E-state index < -0.39 is 0 Å². The Hall–Kier alpha value is -0.450. The van der Waals surface area contributed by atoms with Gasteiger partial charge >= 0.3 is 0 Å². The van der Waals surface area contributed by atoms with Crippen molar-refractivity contribution in [2.24, 2.45) is 0 Å². The summed E-state index contributed by atoms with van der Waals surface area (Å²) < 4.78 is 13.6. The van der Waals surface area contributed by atoms with Gasteiger partial charge in [-0.3, -0.25) is 0 Å². The monoisotopic (exact) mass is 275 g/mol. The molecule has 2 N–H and O–H groups in total. The Morgan fingerprint density at radius 1 is 1.53 bits per heavy atom. The van der Waals surface area contributed by atoms with Crippen LogP contribution in [0.15, 0.2) is 22.7 Å². The fraction of sp³-hybridized carbons (Fsp3) is 0.455. The van der Waals surface area contributed by atoms with Gasteiger partial charge in [0, 0.05) is 6.54 Å². The molecule has 0 fully saturated rings. The fourth-order valence-corrected chi connectivity index (χ4v) is 1.44. The molecule has 2 nitrogen and oxygen atoms in total. The third kappa shape index (κ3) is 4.73. The van der Waals surface area contributed by atoms with Crippen molar-refractivity contribution in [2.45, 2.75) is 26.0 Å². The summed E-state index contributed by atoms with van der Waals surface area (Å²) in [5.41, 5.74) is 0.904. The van der Waals surface area contributed by atoms with Crippen LogP contribution in [0.25, 0.3) is 0 Å². The molecule has 1 atom stereocenters. The maximum Gasteiger partial charge on any atom is 0.137 e. The Labute approximate surface area is 97.6 Å². The average molecular weight is 276 g/mol. The minimum atomic E-state index is -0.292. The predicted molar refractivity (Wildman–Crippen MR) is 62.1 cm³/mol. The van der Waals surface area contributed by atoms with E-state index in [1.54, 1.807) is 13.0 Å². The zero-order chi connectivity index (χ0) is 11.3. The lowest BCUT2D eigenvalue weighted by Gasteiger charge is -2.07. The molecule has 0 bridgehead atoms. The highest BCUT2D eigenvalue weighted by Gasteiger charge is 2.00. The second-order valence-electron chi connectivity index (χ2n) is 3.56. The van der Waals surface area contributed by atoms with E-state index in [0.717, 1.165) is 12.1 Å². The Morgan fingerprint density at radius 2 is 2.27 bits per heavy atom. The summed E-state index contributed by atoms with van der Waals surface area (Å²) >= 11 is 3.10. The van der Waals surface area contributed by atoms with Crippen molar-refractivity contribution in [3.63, 3.8) is 0 Å². The van der Waals surface area contributed by atoms with Crippen molar-refractivity contribution >= 4 is 15.9 Å². The summed E-state index contributed by atoms with van der Waals surface area (Å²) in [5, 5.41) is 12.2. The van der Waals surface area contributed by atoms with Crippen LogP contribution in [0.1, 0.15) is 18.9 Å². The molecular formula is C11H15BrFNO. The highest BCUT2D eigenvalue weighted by Crippen LogP contribution is 2.16. The van der Waals surface area contributed by atoms with Crippen LogP contribution in [0.4, 0.5) is 4.39 Å². The number of benzene rings is 1. The van der Waals surface area contributed by atoms with E-state index in [4.69, 9.17) is 5.11 Å². The molecule has 1 rings (SSSR count). The van der Waals surface area contributed by atoms with Crippen molar-refractivity contribution in [3.05, 3.63) is 34.1 Å². The standard InChI is InChI=1S/C11H15BrFNO/c1-8(15)4-5-14-7-9-2-3-10(12)11(13)6-9/h2-3,6,8,14-15H,4-5,7H2,1H3. The first-order chi connectivity index (χ1) is 7.09. The SMILES string of the molecule is CC(O)CCNCc1ccc(Br)c(F)c1. The first-order valence-electron chi connectivity index (χ1n) is 4.92. The first kappa shape index (κ1) is 12.6. The summed E-state index contributed by atoms with van der Waals surface area (Å²) in [5.74, 6) is -0.246. The van der Waals surface area contributed by atoms with Gasteiger partial charge in [0.15, 0.2) is 0 Å². The molecule has 0 amide bonds. The van der Waals surface area contributed by atoms with E-state index in [0.29, 0.717) is 17.4 Å². The van der Waals surface area contributed by atoms with Gasteiger partial charge in [0.05, 0.1) is 10.6 Å². The highest BCUT2D eigenvalue weighted by atomic mass is 79.9. The molecule has 4 heteroatoms. The smallest absolute Gasteiger partial charge is 0.137 e. The highest BCUT2D eigenvalue weighted by molar-refractivity contribution is 9.10. The average Bonchev–Trinajstić information content (AvgIpc) is 2.18. The third-order valence-electron chi connectivity index (χ3n) is 2.05. The van der Waals surface area contributed by atoms with Crippen molar-refractivity contribution in [2.75, 3.05) is 6.54 Å². The molecule has 0 aliphatic rings. The topological polar surface area (TPSA) is 32.3 Å². The molecule has 15 heavy (non-hydrogen) atoms. The van der Waals surface area contributed by atoms with Gasteiger partial charge in [-0.1, -0.05) is 6.07 Å². The van der Waals surface area contributed by atoms with E-state index in [-0.39, 0.29) is 11.9 Å². The number of rotatable bonds is 5. The van der Waals surface area contributed by atoms with Crippen molar-refractivity contribution < 1.29 is 9.50 Å². The molecule has 0 radical (unpaired) electrons. The van der Waals surface area contributed by atoms with E-state index in [1.807, 2.05) is 6.07 Å². The second-order valence-corrected chi connectivity index (χ2v) is 4.42. The lowest BCUT2D eigenvalue weighted by molar-refractivity contribution is 0.183. The molecule has 1 aromatic carbocycles. The molecule has 0 aromatic heterocycles. The number of aliphatic hydroxyl groups is 1. The van der Waals surface area contributed by atoms with Crippen LogP contribution in [0.3, 0.4) is 0 Å². The van der Waals surface area contributed by atoms with Gasteiger partial charge in [-0.05, 0) is 53.5 Å². The zero-order valence-corrected chi connectivity index (χ0v) is 10.2. The van der Waals surface area contributed by atoms with Crippen LogP contribution < -0.4 is 5.32 Å². The zero-order valence-electron chi connectivity index (χ0n) is 8.63. The second kappa shape index (κ2) is 6.20. The van der Waals surface area contributed by atoms with Crippen LogP contribution in [0.2, 0.25) is 0 Å². The van der Waals surface area contributed by atoms with Crippen LogP contribution in [0, 0.1) is 5.82 Å². The molecule has 0 heterocycles. The molecule has 84 valence electrons. The molecule has 1 aromatic rings. The van der Waals surface area contributed by atoms with Gasteiger partial charge in [-0.25, -0.2) is 4.39 Å². The van der Waals surface area contributed by atoms with Gasteiger partial charge in [-0.15, -0.1) is 0 Å². The molecule has 0 spiro atoms. The molecule has 0 saturated heterocycles. The Kier molecular flexibility index (Phi) is 5.22. The number of aliphatic hydroxyl groups excluding tert-OH is 1. The Morgan fingerprint density at radius 3 is 2.87 bits per heavy atom. The number of halogens is 2. The van der Waals surface area contributed by atoms with E-state index in [1.165, 1.54) is 6.07 Å². The van der Waals surface area contributed by atoms with Crippen molar-refractivity contribution in [3.8, 4) is 0 Å². The summed E-state index contributed by atoms with van der Waals surface area (Å²) in [7, 11) is 0. The molecule has 0 saturated carbocycles. The normalized spacial score (nSPS) is 12.8. The number of hydrogen-bond acceptors (Lipinski definition) is 2. The first-order valence-corrected chi connectivity index (χ1v) is 5.71. The lowest BCUT2D eigenvalue weighted by Crippen LogP contribution is -2.18. The minimum Gasteiger partial charge on any atom is -0.393 e. The number of hydrogen-bond donors (Lipinski definition) is 2. The summed E-state index contributed by atoms with van der Waals surface area (Å²) in [4.78, 5) is 0. The molecule has 0 aliphatic heterocycles. The van der Waals surface area contributed by atoms with Crippen molar-refractivity contribution in [1.29, 1.82) is 0 Å². The van der Waals surface area contributed by atoms with Crippen LogP contribution in [-0.4, -0.2) is 17.8 Å².